The van der Waals surface area contributed by atoms with Gasteiger partial charge in [-0.05, 0) is 47.0 Å². The van der Waals surface area contributed by atoms with Crippen molar-refractivity contribution in [1.29, 1.82) is 0 Å². The van der Waals surface area contributed by atoms with Crippen molar-refractivity contribution in [2.45, 2.75) is 57.8 Å². The number of hydrogen-bond acceptors (Lipinski definition) is 8. The quantitative estimate of drug-likeness (QED) is 0.272. The summed E-state index contributed by atoms with van der Waals surface area (Å²) in [5.74, 6) is 0.317. The van der Waals surface area contributed by atoms with Crippen molar-refractivity contribution in [3.05, 3.63) is 68.5 Å². The van der Waals surface area contributed by atoms with E-state index in [2.05, 4.69) is 10.6 Å². The minimum atomic E-state index is -0.777. The van der Waals surface area contributed by atoms with Crippen molar-refractivity contribution in [3.63, 3.8) is 0 Å². The average molecular weight is 572 g/mol. The summed E-state index contributed by atoms with van der Waals surface area (Å²) in [6.07, 6.45) is 2.01. The van der Waals surface area contributed by atoms with Gasteiger partial charge >= 0.3 is 12.0 Å². The Morgan fingerprint density at radius 2 is 1.69 bits per heavy atom. The zero-order chi connectivity index (χ0) is 27.6. The molecule has 0 saturated heterocycles. The molecule has 0 unspecified atom stereocenters. The number of rotatable bonds is 13. The minimum Gasteiger partial charge on any atom is -0.469 e. The number of carbonyl (C=O) groups excluding carboxylic acids is 3. The number of nitrogens with zero attached hydrogens (tertiary/aromatic N) is 1. The summed E-state index contributed by atoms with van der Waals surface area (Å²) >= 11 is 3.16. The highest BCUT2D eigenvalue weighted by Gasteiger charge is 2.28. The van der Waals surface area contributed by atoms with E-state index >= 15 is 0 Å². The second kappa shape index (κ2) is 14.0. The molecule has 39 heavy (non-hydrogen) atoms. The van der Waals surface area contributed by atoms with Crippen LogP contribution in [0.25, 0.3) is 0 Å². The lowest BCUT2D eigenvalue weighted by molar-refractivity contribution is -0.141. The van der Waals surface area contributed by atoms with E-state index in [-0.39, 0.29) is 25.2 Å². The Bertz CT molecular complexity index is 1200. The Morgan fingerprint density at radius 1 is 1.00 bits per heavy atom. The van der Waals surface area contributed by atoms with Crippen LogP contribution in [-0.2, 0) is 27.4 Å². The monoisotopic (exact) mass is 571 g/mol. The summed E-state index contributed by atoms with van der Waals surface area (Å²) in [7, 11) is 1.31. The lowest BCUT2D eigenvalue weighted by Gasteiger charge is -2.27. The van der Waals surface area contributed by atoms with Crippen molar-refractivity contribution in [3.8, 4) is 11.5 Å². The molecule has 11 heteroatoms. The van der Waals surface area contributed by atoms with Crippen LogP contribution in [0, 0.1) is 0 Å². The topological polar surface area (TPSA) is 106 Å². The van der Waals surface area contributed by atoms with E-state index in [0.29, 0.717) is 36.6 Å². The zero-order valence-electron chi connectivity index (χ0n) is 22.0. The lowest BCUT2D eigenvalue weighted by Crippen LogP contribution is -2.51. The zero-order valence-corrected chi connectivity index (χ0v) is 23.6. The van der Waals surface area contributed by atoms with Crippen LogP contribution in [0.5, 0.6) is 11.5 Å². The smallest absolute Gasteiger partial charge is 0.318 e. The molecule has 3 heterocycles. The standard InChI is InChI=1S/C28H33N3O6S2/c1-3-4-9-22(30-28(34)31(16-20-7-5-12-38-20)17-21-8-6-13-39-21)27(33)29-23(15-26(32)35-2)19-10-11-24-25(14-19)37-18-36-24/h5-8,10-14,22-23H,3-4,9,15-18H2,1-2H3,(H,29,33)(H,30,34)/t22-,23-/m0/s1. The van der Waals surface area contributed by atoms with Gasteiger partial charge in [-0.25, -0.2) is 4.79 Å². The van der Waals surface area contributed by atoms with Crippen LogP contribution in [0.4, 0.5) is 4.79 Å². The molecule has 0 fully saturated rings. The third-order valence-electron chi connectivity index (χ3n) is 6.32. The Labute approximate surface area is 236 Å². The minimum absolute atomic E-state index is 0.0702. The molecule has 9 nitrogen and oxygen atoms in total. The normalized spacial score (nSPS) is 13.4. The molecular formula is C28H33N3O6S2. The van der Waals surface area contributed by atoms with Gasteiger partial charge in [-0.15, -0.1) is 22.7 Å². The van der Waals surface area contributed by atoms with Crippen LogP contribution in [0.1, 0.15) is 54.0 Å². The van der Waals surface area contributed by atoms with Crippen molar-refractivity contribution in [2.24, 2.45) is 0 Å². The summed E-state index contributed by atoms with van der Waals surface area (Å²) < 4.78 is 15.7. The van der Waals surface area contributed by atoms with E-state index < -0.39 is 18.1 Å². The summed E-state index contributed by atoms with van der Waals surface area (Å²) in [6, 6.07) is 11.4. The lowest BCUT2D eigenvalue weighted by atomic mass is 10.0. The molecule has 208 valence electrons. The largest absolute Gasteiger partial charge is 0.469 e. The number of hydrogen-bond donors (Lipinski definition) is 2. The maximum Gasteiger partial charge on any atom is 0.318 e. The van der Waals surface area contributed by atoms with E-state index in [9.17, 15) is 14.4 Å². The van der Waals surface area contributed by atoms with Crippen LogP contribution < -0.4 is 20.1 Å². The molecule has 2 N–H and O–H groups in total. The first-order valence-corrected chi connectivity index (χ1v) is 14.6. The highest BCUT2D eigenvalue weighted by Crippen LogP contribution is 2.35. The van der Waals surface area contributed by atoms with Gasteiger partial charge in [0.25, 0.3) is 0 Å². The summed E-state index contributed by atoms with van der Waals surface area (Å²) in [5, 5.41) is 9.89. The molecule has 1 aliphatic rings. The first-order valence-electron chi connectivity index (χ1n) is 12.8. The van der Waals surface area contributed by atoms with Crippen LogP contribution in [0.2, 0.25) is 0 Å². The van der Waals surface area contributed by atoms with Gasteiger partial charge in [0.15, 0.2) is 11.5 Å². The molecule has 1 aromatic carbocycles. The van der Waals surface area contributed by atoms with E-state index in [0.717, 1.165) is 22.6 Å². The Hall–Kier alpha value is -3.57. The third kappa shape index (κ3) is 7.96. The number of unbranched alkanes of at least 4 members (excludes halogenated alkanes) is 1. The first-order chi connectivity index (χ1) is 19.0. The number of benzene rings is 1. The summed E-state index contributed by atoms with van der Waals surface area (Å²) in [5.41, 5.74) is 0.676. The molecule has 0 aliphatic carbocycles. The SMILES string of the molecule is CCCC[C@H](NC(=O)N(Cc1cccs1)Cc1cccs1)C(=O)N[C@@H](CC(=O)OC)c1ccc2c(c1)OCO2. The van der Waals surface area contributed by atoms with E-state index in [1.807, 2.05) is 41.9 Å². The second-order valence-electron chi connectivity index (χ2n) is 9.11. The maximum atomic E-state index is 13.6. The van der Waals surface area contributed by atoms with Gasteiger partial charge in [-0.3, -0.25) is 9.59 Å². The fraction of sp³-hybridized carbons (Fsp3) is 0.393. The molecular weight excluding hydrogens is 538 g/mol. The molecule has 3 amide bonds. The van der Waals surface area contributed by atoms with Crippen LogP contribution in [0.3, 0.4) is 0 Å². The van der Waals surface area contributed by atoms with E-state index in [4.69, 9.17) is 14.2 Å². The molecule has 3 aromatic rings. The van der Waals surface area contributed by atoms with Crippen molar-refractivity contribution < 1.29 is 28.6 Å². The van der Waals surface area contributed by atoms with E-state index in [1.165, 1.54) is 7.11 Å². The molecule has 2 atom stereocenters. The number of carbonyl (C=O) groups is 3. The second-order valence-corrected chi connectivity index (χ2v) is 11.2. The van der Waals surface area contributed by atoms with Crippen LogP contribution >= 0.6 is 22.7 Å². The molecule has 0 bridgehead atoms. The van der Waals surface area contributed by atoms with Gasteiger partial charge in [0.1, 0.15) is 6.04 Å². The molecule has 2 aromatic heterocycles. The van der Waals surface area contributed by atoms with Crippen molar-refractivity contribution in [2.75, 3.05) is 13.9 Å². The van der Waals surface area contributed by atoms with Gasteiger partial charge in [-0.2, -0.15) is 0 Å². The van der Waals surface area contributed by atoms with Crippen LogP contribution in [0.15, 0.2) is 53.2 Å². The van der Waals surface area contributed by atoms with Gasteiger partial charge in [0, 0.05) is 9.75 Å². The van der Waals surface area contributed by atoms with Gasteiger partial charge in [0.2, 0.25) is 12.7 Å². The third-order valence-corrected chi connectivity index (χ3v) is 8.04. The van der Waals surface area contributed by atoms with Gasteiger partial charge in [0.05, 0.1) is 32.7 Å². The van der Waals surface area contributed by atoms with Gasteiger partial charge in [-0.1, -0.05) is 38.0 Å². The Kier molecular flexibility index (Phi) is 10.2. The van der Waals surface area contributed by atoms with Crippen LogP contribution in [-0.4, -0.2) is 42.8 Å². The van der Waals surface area contributed by atoms with Crippen molar-refractivity contribution >= 4 is 40.6 Å². The van der Waals surface area contributed by atoms with Gasteiger partial charge < -0.3 is 29.7 Å². The number of urea groups is 1. The molecule has 0 saturated carbocycles. The molecule has 1 aliphatic heterocycles. The fourth-order valence-electron chi connectivity index (χ4n) is 4.20. The Morgan fingerprint density at radius 3 is 2.31 bits per heavy atom. The average Bonchev–Trinajstić information content (AvgIpc) is 3.73. The molecule has 0 spiro atoms. The molecule has 0 radical (unpaired) electrons. The number of esters is 1. The number of ether oxygens (including phenoxy) is 3. The highest BCUT2D eigenvalue weighted by molar-refractivity contribution is 7.10. The maximum absolute atomic E-state index is 13.6. The molecule has 4 rings (SSSR count). The first kappa shape index (κ1) is 28.4. The Balaban J connectivity index is 1.51. The summed E-state index contributed by atoms with van der Waals surface area (Å²) in [6.45, 7) is 3.02. The number of fused-ring (bicyclic) bond motifs is 1. The number of methoxy groups -OCH3 is 1. The predicted molar refractivity (Wildman–Crippen MR) is 150 cm³/mol. The van der Waals surface area contributed by atoms with E-state index in [1.54, 1.807) is 45.8 Å². The number of thiophene rings is 2. The predicted octanol–water partition coefficient (Wildman–Crippen LogP) is 5.23. The summed E-state index contributed by atoms with van der Waals surface area (Å²) in [4.78, 5) is 43.1. The highest BCUT2D eigenvalue weighted by atomic mass is 32.1. The fourth-order valence-corrected chi connectivity index (χ4v) is 5.64. The number of nitrogens with one attached hydrogen (secondary N) is 2. The van der Waals surface area contributed by atoms with Crippen molar-refractivity contribution in [1.82, 2.24) is 15.5 Å². The number of amides is 3.